The van der Waals surface area contributed by atoms with Crippen molar-refractivity contribution < 1.29 is 0 Å². The Balaban J connectivity index is 1.51. The van der Waals surface area contributed by atoms with Crippen molar-refractivity contribution in [2.75, 3.05) is 0 Å². The molecule has 5 aromatic rings. The van der Waals surface area contributed by atoms with Gasteiger partial charge in [-0.1, -0.05) is 94.8 Å². The van der Waals surface area contributed by atoms with Gasteiger partial charge >= 0.3 is 0 Å². The number of hydrogen-bond acceptors (Lipinski definition) is 2. The summed E-state index contributed by atoms with van der Waals surface area (Å²) in [6, 6.07) is 22.7. The van der Waals surface area contributed by atoms with Crippen LogP contribution in [0.4, 0.5) is 0 Å². The van der Waals surface area contributed by atoms with Gasteiger partial charge in [-0.15, -0.1) is 22.7 Å². The van der Waals surface area contributed by atoms with Crippen molar-refractivity contribution in [1.29, 1.82) is 0 Å². The van der Waals surface area contributed by atoms with Crippen LogP contribution in [0.5, 0.6) is 0 Å². The van der Waals surface area contributed by atoms with E-state index in [4.69, 9.17) is 0 Å². The summed E-state index contributed by atoms with van der Waals surface area (Å²) in [4.78, 5) is 5.79. The van der Waals surface area contributed by atoms with E-state index in [-0.39, 0.29) is 0 Å². The molecule has 0 amide bonds. The number of aryl methyl sites for hydroxylation is 2. The van der Waals surface area contributed by atoms with Crippen LogP contribution in [0.15, 0.2) is 66.9 Å². The van der Waals surface area contributed by atoms with E-state index in [0.717, 1.165) is 6.54 Å². The number of para-hydroxylation sites is 1. The lowest BCUT2D eigenvalue weighted by Crippen LogP contribution is -1.95. The number of benzene rings is 2. The molecule has 3 heterocycles. The summed E-state index contributed by atoms with van der Waals surface area (Å²) < 4.78 is 2.49. The van der Waals surface area contributed by atoms with Crippen LogP contribution in [0.3, 0.4) is 0 Å². The first-order valence-electron chi connectivity index (χ1n) is 13.5. The van der Waals surface area contributed by atoms with Crippen molar-refractivity contribution in [3.05, 3.63) is 71.7 Å². The number of hydrogen-bond donors (Lipinski definition) is 0. The maximum absolute atomic E-state index is 2.49. The molecule has 182 valence electrons. The zero-order chi connectivity index (χ0) is 24.0. The Bertz CT molecular complexity index is 1380. The van der Waals surface area contributed by atoms with E-state index < -0.39 is 0 Å². The topological polar surface area (TPSA) is 4.93 Å². The Morgan fingerprint density at radius 2 is 1.31 bits per heavy atom. The predicted molar refractivity (Wildman–Crippen MR) is 158 cm³/mol. The molecule has 0 atom stereocenters. The fourth-order valence-electron chi connectivity index (χ4n) is 5.16. The number of nitrogens with zero attached hydrogens (tertiary/aromatic N) is 1. The summed E-state index contributed by atoms with van der Waals surface area (Å²) in [7, 11) is 0. The fraction of sp³-hybridized carbons (Fsp3) is 0.375. The van der Waals surface area contributed by atoms with Gasteiger partial charge in [0.2, 0.25) is 0 Å². The molecule has 0 unspecified atom stereocenters. The van der Waals surface area contributed by atoms with E-state index in [1.807, 2.05) is 22.7 Å². The molecular weight excluding hydrogens is 462 g/mol. The van der Waals surface area contributed by atoms with Gasteiger partial charge in [-0.25, -0.2) is 0 Å². The largest absolute Gasteiger partial charge is 0.347 e. The Morgan fingerprint density at radius 3 is 2.09 bits per heavy atom. The molecule has 35 heavy (non-hydrogen) atoms. The number of rotatable bonds is 12. The van der Waals surface area contributed by atoms with Crippen molar-refractivity contribution >= 4 is 44.3 Å². The van der Waals surface area contributed by atoms with Gasteiger partial charge in [-0.3, -0.25) is 0 Å². The molecule has 5 rings (SSSR count). The van der Waals surface area contributed by atoms with E-state index in [0.29, 0.717) is 0 Å². The quantitative estimate of drug-likeness (QED) is 0.150. The minimum atomic E-state index is 1.10. The van der Waals surface area contributed by atoms with Gasteiger partial charge in [0.05, 0.1) is 4.88 Å². The standard InChI is InChI=1S/C32H37NS2/c1-3-5-7-9-15-24-20-21-30(34-24)32-27-18-11-10-17-26(27)31(35-32)28-23-33(22-14-8-6-4-2)29-19-13-12-16-25(28)29/h10-13,16-21,23H,3-9,14-15,22H2,1-2H3. The number of aromatic nitrogens is 1. The monoisotopic (exact) mass is 499 g/mol. The third kappa shape index (κ3) is 5.27. The molecule has 3 aromatic heterocycles. The molecular formula is C32H37NS2. The normalized spacial score (nSPS) is 11.7. The molecule has 0 spiro atoms. The Morgan fingerprint density at radius 1 is 0.629 bits per heavy atom. The van der Waals surface area contributed by atoms with E-state index in [1.165, 1.54) is 105 Å². The SMILES string of the molecule is CCCCCCc1ccc(-c2sc(-c3cn(CCCCCC)c4ccccc34)c3ccccc23)s1. The molecule has 0 saturated heterocycles. The highest BCUT2D eigenvalue weighted by molar-refractivity contribution is 7.25. The van der Waals surface area contributed by atoms with Crippen LogP contribution in [-0.2, 0) is 13.0 Å². The molecule has 0 aliphatic rings. The zero-order valence-corrected chi connectivity index (χ0v) is 22.8. The lowest BCUT2D eigenvalue weighted by Gasteiger charge is -2.04. The van der Waals surface area contributed by atoms with Crippen molar-refractivity contribution in [3.8, 4) is 20.2 Å². The molecule has 0 bridgehead atoms. The van der Waals surface area contributed by atoms with Crippen LogP contribution in [0.2, 0.25) is 0 Å². The summed E-state index contributed by atoms with van der Waals surface area (Å²) in [5.74, 6) is 0. The molecule has 0 N–H and O–H groups in total. The first-order valence-corrected chi connectivity index (χ1v) is 15.1. The summed E-state index contributed by atoms with van der Waals surface area (Å²) in [6.45, 7) is 5.67. The maximum Gasteiger partial charge on any atom is 0.0527 e. The van der Waals surface area contributed by atoms with Gasteiger partial charge in [-0.2, -0.15) is 0 Å². The molecule has 1 nitrogen and oxygen atoms in total. The zero-order valence-electron chi connectivity index (χ0n) is 21.2. The van der Waals surface area contributed by atoms with E-state index in [2.05, 4.69) is 85.3 Å². The summed E-state index contributed by atoms with van der Waals surface area (Å²) in [5, 5.41) is 4.16. The van der Waals surface area contributed by atoms with E-state index in [9.17, 15) is 0 Å². The second-order valence-corrected chi connectivity index (χ2v) is 11.9. The molecule has 0 saturated carbocycles. The Labute approximate surface area is 218 Å². The van der Waals surface area contributed by atoms with Crippen LogP contribution < -0.4 is 0 Å². The van der Waals surface area contributed by atoms with Crippen LogP contribution >= 0.6 is 22.7 Å². The van der Waals surface area contributed by atoms with Crippen molar-refractivity contribution in [2.24, 2.45) is 0 Å². The predicted octanol–water partition coefficient (Wildman–Crippen LogP) is 11.0. The second-order valence-electron chi connectivity index (χ2n) is 9.70. The third-order valence-electron chi connectivity index (χ3n) is 7.07. The molecule has 0 fully saturated rings. The van der Waals surface area contributed by atoms with Crippen LogP contribution in [-0.4, -0.2) is 4.57 Å². The highest BCUT2D eigenvalue weighted by Gasteiger charge is 2.19. The summed E-state index contributed by atoms with van der Waals surface area (Å²) >= 11 is 3.98. The average Bonchev–Trinajstić information content (AvgIpc) is 3.60. The third-order valence-corrected chi connectivity index (χ3v) is 9.65. The number of thiophene rings is 2. The van der Waals surface area contributed by atoms with Gasteiger partial charge in [0, 0.05) is 54.6 Å². The highest BCUT2D eigenvalue weighted by atomic mass is 32.1. The maximum atomic E-state index is 2.49. The Hall–Kier alpha value is -2.36. The molecule has 3 heteroatoms. The van der Waals surface area contributed by atoms with Gasteiger partial charge in [0.1, 0.15) is 0 Å². The minimum absolute atomic E-state index is 1.10. The van der Waals surface area contributed by atoms with E-state index >= 15 is 0 Å². The minimum Gasteiger partial charge on any atom is -0.347 e. The molecule has 0 aliphatic carbocycles. The van der Waals surface area contributed by atoms with Crippen molar-refractivity contribution in [1.82, 2.24) is 4.57 Å². The van der Waals surface area contributed by atoms with Crippen LogP contribution in [0, 0.1) is 0 Å². The summed E-state index contributed by atoms with van der Waals surface area (Å²) in [5.41, 5.74) is 2.75. The van der Waals surface area contributed by atoms with E-state index in [1.54, 1.807) is 0 Å². The van der Waals surface area contributed by atoms with Gasteiger partial charge in [-0.05, 0) is 37.5 Å². The van der Waals surface area contributed by atoms with Gasteiger partial charge in [0.25, 0.3) is 0 Å². The average molecular weight is 500 g/mol. The smallest absolute Gasteiger partial charge is 0.0527 e. The Kier molecular flexibility index (Phi) is 8.06. The van der Waals surface area contributed by atoms with Crippen LogP contribution in [0.1, 0.15) is 70.1 Å². The van der Waals surface area contributed by atoms with Gasteiger partial charge < -0.3 is 4.57 Å². The van der Waals surface area contributed by atoms with Gasteiger partial charge in [0.15, 0.2) is 0 Å². The summed E-state index contributed by atoms with van der Waals surface area (Å²) in [6.07, 6.45) is 14.1. The fourth-order valence-corrected chi connectivity index (χ4v) is 7.63. The lowest BCUT2D eigenvalue weighted by molar-refractivity contribution is 0.594. The molecule has 2 aromatic carbocycles. The highest BCUT2D eigenvalue weighted by Crippen LogP contribution is 2.47. The van der Waals surface area contributed by atoms with Crippen LogP contribution in [0.25, 0.3) is 41.9 Å². The van der Waals surface area contributed by atoms with Crippen molar-refractivity contribution in [3.63, 3.8) is 0 Å². The number of fused-ring (bicyclic) bond motifs is 2. The molecule has 0 radical (unpaired) electrons. The van der Waals surface area contributed by atoms with Crippen molar-refractivity contribution in [2.45, 2.75) is 78.2 Å². The first kappa shape index (κ1) is 24.3. The lowest BCUT2D eigenvalue weighted by atomic mass is 10.1. The first-order chi connectivity index (χ1) is 17.3. The number of unbranched alkanes of at least 4 members (excludes halogenated alkanes) is 6. The second kappa shape index (κ2) is 11.6. The molecule has 0 aliphatic heterocycles.